The van der Waals surface area contributed by atoms with Crippen molar-refractivity contribution in [1.29, 1.82) is 0 Å². The molecule has 0 saturated heterocycles. The molecule has 0 bridgehead atoms. The molecule has 5 heteroatoms. The zero-order valence-electron chi connectivity index (χ0n) is 14.6. The van der Waals surface area contributed by atoms with Crippen molar-refractivity contribution in [3.05, 3.63) is 65.1 Å². The number of rotatable bonds is 9. The van der Waals surface area contributed by atoms with E-state index in [0.29, 0.717) is 6.61 Å². The molecule has 0 spiro atoms. The van der Waals surface area contributed by atoms with Crippen LogP contribution in [0.2, 0.25) is 0 Å². The molecule has 0 radical (unpaired) electrons. The molecule has 1 aliphatic rings. The van der Waals surface area contributed by atoms with Gasteiger partial charge in [-0.25, -0.2) is 4.99 Å². The number of H-pyrrole nitrogens is 2. The maximum Gasteiger partial charge on any atom is 0.146 e. The van der Waals surface area contributed by atoms with E-state index in [-0.39, 0.29) is 0 Å². The highest BCUT2D eigenvalue weighted by Crippen LogP contribution is 2.24. The largest absolute Gasteiger partial charge is 0.494 e. The molecule has 2 aromatic heterocycles. The second kappa shape index (κ2) is 8.53. The van der Waals surface area contributed by atoms with Crippen LogP contribution in [-0.2, 0) is 11.2 Å². The van der Waals surface area contributed by atoms with Gasteiger partial charge >= 0.3 is 0 Å². The fourth-order valence-corrected chi connectivity index (χ4v) is 2.93. The smallest absolute Gasteiger partial charge is 0.146 e. The monoisotopic (exact) mass is 339 g/mol. The van der Waals surface area contributed by atoms with Crippen molar-refractivity contribution in [2.75, 3.05) is 13.7 Å². The number of aliphatic imine (C=N–C) groups is 1. The van der Waals surface area contributed by atoms with Gasteiger partial charge in [0.25, 0.3) is 0 Å². The third-order valence-electron chi connectivity index (χ3n) is 4.27. The number of unbranched alkanes of at least 4 members (excludes halogenated alkanes) is 3. The summed E-state index contributed by atoms with van der Waals surface area (Å²) in [5, 5.41) is 8.80. The van der Waals surface area contributed by atoms with Crippen molar-refractivity contribution in [2.24, 2.45) is 4.99 Å². The Morgan fingerprint density at radius 1 is 1.16 bits per heavy atom. The van der Waals surface area contributed by atoms with Gasteiger partial charge in [0.15, 0.2) is 0 Å². The summed E-state index contributed by atoms with van der Waals surface area (Å²) in [6, 6.07) is 8.15. The first-order chi connectivity index (χ1) is 12.3. The summed E-state index contributed by atoms with van der Waals surface area (Å²) in [5.74, 6) is 0.768. The molecule has 3 N–H and O–H groups in total. The second-order valence-electron chi connectivity index (χ2n) is 6.15. The molecule has 0 unspecified atom stereocenters. The molecule has 3 heterocycles. The van der Waals surface area contributed by atoms with E-state index in [1.165, 1.54) is 5.69 Å². The van der Waals surface area contributed by atoms with Gasteiger partial charge in [-0.05, 0) is 49.6 Å². The number of aromatic amines is 2. The van der Waals surface area contributed by atoms with E-state index >= 15 is 0 Å². The van der Waals surface area contributed by atoms with Crippen LogP contribution in [-0.4, -0.2) is 34.5 Å². The number of aliphatic hydroxyl groups is 1. The maximum atomic E-state index is 8.80. The Bertz CT molecular complexity index is 767. The fourth-order valence-electron chi connectivity index (χ4n) is 2.93. The third kappa shape index (κ3) is 4.51. The van der Waals surface area contributed by atoms with Crippen LogP contribution in [0.15, 0.2) is 53.0 Å². The standard InChI is InChI=1S/C20H25N3O2/c1-25-20-14-18(17-8-6-11-21-17)23-19(20)13-16-10-9-15(22-16)7-4-2-3-5-12-24/h6,8-11,13-14,21-22,24H,2-5,7,12H2,1H3. The van der Waals surface area contributed by atoms with Crippen molar-refractivity contribution < 1.29 is 9.84 Å². The molecule has 0 saturated carbocycles. The molecule has 0 aliphatic carbocycles. The molecule has 25 heavy (non-hydrogen) atoms. The second-order valence-corrected chi connectivity index (χ2v) is 6.15. The van der Waals surface area contributed by atoms with Crippen LogP contribution in [0.5, 0.6) is 0 Å². The maximum absolute atomic E-state index is 8.80. The van der Waals surface area contributed by atoms with E-state index in [1.54, 1.807) is 7.11 Å². The van der Waals surface area contributed by atoms with Crippen LogP contribution in [0.1, 0.15) is 42.8 Å². The number of aliphatic hydroxyl groups excluding tert-OH is 1. The normalized spacial score (nSPS) is 15.5. The minimum absolute atomic E-state index is 0.292. The summed E-state index contributed by atoms with van der Waals surface area (Å²) in [5.41, 5.74) is 4.94. The highest BCUT2D eigenvalue weighted by atomic mass is 16.5. The number of nitrogens with zero attached hydrogens (tertiary/aromatic N) is 1. The SMILES string of the molecule is COC1=CC(c2ccc[nH]2)=NC1=Cc1ccc(CCCCCCO)[nH]1. The number of ether oxygens (including phenoxy) is 1. The molecule has 2 aromatic rings. The van der Waals surface area contributed by atoms with E-state index in [2.05, 4.69) is 27.1 Å². The summed E-state index contributed by atoms with van der Waals surface area (Å²) in [4.78, 5) is 11.3. The first kappa shape index (κ1) is 17.3. The lowest BCUT2D eigenvalue weighted by atomic mass is 10.1. The molecule has 132 valence electrons. The lowest BCUT2D eigenvalue weighted by Crippen LogP contribution is -1.93. The zero-order chi connectivity index (χ0) is 17.5. The first-order valence-electron chi connectivity index (χ1n) is 8.79. The minimum atomic E-state index is 0.292. The molecular formula is C20H25N3O2. The highest BCUT2D eigenvalue weighted by molar-refractivity contribution is 6.11. The molecule has 0 fully saturated rings. The predicted octanol–water partition coefficient (Wildman–Crippen LogP) is 3.81. The van der Waals surface area contributed by atoms with Crippen molar-refractivity contribution in [1.82, 2.24) is 9.97 Å². The zero-order valence-corrected chi connectivity index (χ0v) is 14.6. The number of allylic oxidation sites excluding steroid dienone is 1. The van der Waals surface area contributed by atoms with Gasteiger partial charge in [-0.2, -0.15) is 0 Å². The number of nitrogens with one attached hydrogen (secondary N) is 2. The summed E-state index contributed by atoms with van der Waals surface area (Å²) in [6.45, 7) is 0.292. The number of aromatic nitrogens is 2. The quantitative estimate of drug-likeness (QED) is 0.608. The molecule has 3 rings (SSSR count). The average molecular weight is 339 g/mol. The van der Waals surface area contributed by atoms with Crippen LogP contribution in [0.3, 0.4) is 0 Å². The van der Waals surface area contributed by atoms with Crippen molar-refractivity contribution in [3.63, 3.8) is 0 Å². The Labute approximate surface area is 148 Å². The van der Waals surface area contributed by atoms with E-state index in [1.807, 2.05) is 30.5 Å². The summed E-state index contributed by atoms with van der Waals surface area (Å²) in [7, 11) is 1.67. The Hall–Kier alpha value is -2.53. The molecule has 0 amide bonds. The lowest BCUT2D eigenvalue weighted by molar-refractivity contribution is 0.282. The minimum Gasteiger partial charge on any atom is -0.494 e. The van der Waals surface area contributed by atoms with Gasteiger partial charge in [0.05, 0.1) is 18.5 Å². The number of methoxy groups -OCH3 is 1. The fraction of sp³-hybridized carbons (Fsp3) is 0.350. The summed E-state index contributed by atoms with van der Waals surface area (Å²) >= 11 is 0. The van der Waals surface area contributed by atoms with E-state index < -0.39 is 0 Å². The molecule has 1 aliphatic heterocycles. The van der Waals surface area contributed by atoms with Crippen LogP contribution >= 0.6 is 0 Å². The van der Waals surface area contributed by atoms with Crippen molar-refractivity contribution in [3.8, 4) is 0 Å². The third-order valence-corrected chi connectivity index (χ3v) is 4.27. The predicted molar refractivity (Wildman–Crippen MR) is 100 cm³/mol. The first-order valence-corrected chi connectivity index (χ1v) is 8.79. The van der Waals surface area contributed by atoms with Gasteiger partial charge in [-0.15, -0.1) is 0 Å². The van der Waals surface area contributed by atoms with Gasteiger partial charge in [0, 0.05) is 30.3 Å². The summed E-state index contributed by atoms with van der Waals surface area (Å²) in [6.07, 6.45) is 11.1. The van der Waals surface area contributed by atoms with Gasteiger partial charge in [0.2, 0.25) is 0 Å². The summed E-state index contributed by atoms with van der Waals surface area (Å²) < 4.78 is 5.46. The van der Waals surface area contributed by atoms with Gasteiger partial charge in [0.1, 0.15) is 11.5 Å². The van der Waals surface area contributed by atoms with Gasteiger partial charge in [-0.3, -0.25) is 0 Å². The van der Waals surface area contributed by atoms with Crippen molar-refractivity contribution >= 4 is 11.8 Å². The van der Waals surface area contributed by atoms with Gasteiger partial charge in [-0.1, -0.05) is 12.8 Å². The Morgan fingerprint density at radius 3 is 2.80 bits per heavy atom. The van der Waals surface area contributed by atoms with Crippen LogP contribution < -0.4 is 0 Å². The number of hydrogen-bond acceptors (Lipinski definition) is 3. The molecule has 0 aromatic carbocycles. The Balaban J connectivity index is 1.65. The van der Waals surface area contributed by atoms with Gasteiger partial charge < -0.3 is 19.8 Å². The highest BCUT2D eigenvalue weighted by Gasteiger charge is 2.17. The van der Waals surface area contributed by atoms with Crippen LogP contribution in [0.25, 0.3) is 6.08 Å². The van der Waals surface area contributed by atoms with E-state index in [9.17, 15) is 0 Å². The molecule has 5 nitrogen and oxygen atoms in total. The molecular weight excluding hydrogens is 314 g/mol. The topological polar surface area (TPSA) is 73.4 Å². The number of aryl methyl sites for hydroxylation is 1. The van der Waals surface area contributed by atoms with Crippen LogP contribution in [0, 0.1) is 0 Å². The average Bonchev–Trinajstić information content (AvgIpc) is 3.35. The Kier molecular flexibility index (Phi) is 5.90. The van der Waals surface area contributed by atoms with Crippen LogP contribution in [0.4, 0.5) is 0 Å². The lowest BCUT2D eigenvalue weighted by Gasteiger charge is -2.01. The number of hydrogen-bond donors (Lipinski definition) is 3. The van der Waals surface area contributed by atoms with E-state index in [4.69, 9.17) is 9.84 Å². The van der Waals surface area contributed by atoms with Crippen molar-refractivity contribution in [2.45, 2.75) is 32.1 Å². The molecule has 0 atom stereocenters. The van der Waals surface area contributed by atoms with E-state index in [0.717, 1.165) is 60.7 Å². The Morgan fingerprint density at radius 2 is 2.04 bits per heavy atom.